The summed E-state index contributed by atoms with van der Waals surface area (Å²) < 4.78 is 13.9. The molecule has 1 N–H and O–H groups in total. The number of ether oxygens (including phenoxy) is 2. The molecule has 2 aromatic carbocycles. The van der Waals surface area contributed by atoms with E-state index in [1.54, 1.807) is 0 Å². The number of aromatic nitrogens is 4. The first kappa shape index (κ1) is 29.9. The van der Waals surface area contributed by atoms with Gasteiger partial charge in [-0.15, -0.1) is 0 Å². The van der Waals surface area contributed by atoms with Crippen molar-refractivity contribution < 1.29 is 19.4 Å². The van der Waals surface area contributed by atoms with Crippen molar-refractivity contribution in [3.63, 3.8) is 0 Å². The zero-order valence-electron chi connectivity index (χ0n) is 24.5. The van der Waals surface area contributed by atoms with E-state index < -0.39 is 11.4 Å². The third-order valence-corrected chi connectivity index (χ3v) is 7.86. The van der Waals surface area contributed by atoms with Gasteiger partial charge in [0, 0.05) is 29.4 Å². The first-order chi connectivity index (χ1) is 20.9. The standard InChI is InChI=1S/C33H36N6O4/c1-24-17-29(36-31(35-24)28-13-15-33(21-34,16-14-28)32(40)41)38(22-42-19-26-9-5-3-6-10-26)30-18-25(2)39(37-30)23-43-20-27-11-7-4-8-12-27/h3-12,17-18,28H,13-16,19-20,22-23H2,1-2H3,(H,40,41). The maximum absolute atomic E-state index is 11.8. The highest BCUT2D eigenvalue weighted by Gasteiger charge is 2.43. The van der Waals surface area contributed by atoms with Gasteiger partial charge in [0.15, 0.2) is 11.2 Å². The Bertz CT molecular complexity index is 1560. The summed E-state index contributed by atoms with van der Waals surface area (Å²) in [6.45, 7) is 5.28. The minimum Gasteiger partial charge on any atom is -0.480 e. The van der Waals surface area contributed by atoms with Crippen LogP contribution in [0.4, 0.5) is 11.6 Å². The number of carbonyl (C=O) groups is 1. The number of hydrogen-bond donors (Lipinski definition) is 1. The van der Waals surface area contributed by atoms with E-state index in [9.17, 15) is 15.2 Å². The summed E-state index contributed by atoms with van der Waals surface area (Å²) >= 11 is 0. The maximum atomic E-state index is 11.8. The lowest BCUT2D eigenvalue weighted by Crippen LogP contribution is -2.34. The summed E-state index contributed by atoms with van der Waals surface area (Å²) in [5, 5.41) is 24.0. The molecule has 0 aliphatic heterocycles. The summed E-state index contributed by atoms with van der Waals surface area (Å²) in [6, 6.07) is 25.9. The molecule has 0 amide bonds. The van der Waals surface area contributed by atoms with Crippen LogP contribution in [0.3, 0.4) is 0 Å². The smallest absolute Gasteiger partial charge is 0.324 e. The third-order valence-electron chi connectivity index (χ3n) is 7.86. The van der Waals surface area contributed by atoms with E-state index in [2.05, 4.69) is 0 Å². The Morgan fingerprint density at radius 1 is 0.977 bits per heavy atom. The quantitative estimate of drug-likeness (QED) is 0.200. The van der Waals surface area contributed by atoms with Crippen molar-refractivity contribution in [3.05, 3.63) is 101 Å². The molecule has 1 aliphatic rings. The SMILES string of the molecule is Cc1cc(N(COCc2ccccc2)c2cc(C)n(COCc3ccccc3)n2)nc(C2CCC(C#N)(C(=O)O)CC2)n1. The molecule has 0 radical (unpaired) electrons. The summed E-state index contributed by atoms with van der Waals surface area (Å²) in [5.41, 5.74) is 2.51. The predicted octanol–water partition coefficient (Wildman–Crippen LogP) is 6.03. The van der Waals surface area contributed by atoms with E-state index in [-0.39, 0.29) is 25.5 Å². The average molecular weight is 581 g/mol. The Morgan fingerprint density at radius 3 is 2.21 bits per heavy atom. The van der Waals surface area contributed by atoms with Crippen molar-refractivity contribution in [2.45, 2.75) is 65.4 Å². The highest BCUT2D eigenvalue weighted by atomic mass is 16.5. The topological polar surface area (TPSA) is 126 Å². The minimum absolute atomic E-state index is 0.0442. The van der Waals surface area contributed by atoms with Gasteiger partial charge in [-0.25, -0.2) is 14.6 Å². The Balaban J connectivity index is 1.37. The molecular weight excluding hydrogens is 544 g/mol. The number of rotatable bonds is 12. The molecule has 4 aromatic rings. The van der Waals surface area contributed by atoms with Crippen LogP contribution in [0.5, 0.6) is 0 Å². The van der Waals surface area contributed by atoms with E-state index in [0.717, 1.165) is 22.5 Å². The van der Waals surface area contributed by atoms with Crippen LogP contribution in [-0.2, 0) is 34.2 Å². The van der Waals surface area contributed by atoms with E-state index in [1.807, 2.05) is 102 Å². The van der Waals surface area contributed by atoms with Gasteiger partial charge in [0.05, 0.1) is 19.3 Å². The van der Waals surface area contributed by atoms with Crippen molar-refractivity contribution in [2.24, 2.45) is 5.41 Å². The summed E-state index contributed by atoms with van der Waals surface area (Å²) in [6.07, 6.45) is 1.60. The molecule has 1 aliphatic carbocycles. The number of nitrogens with zero attached hydrogens (tertiary/aromatic N) is 6. The first-order valence-electron chi connectivity index (χ1n) is 14.4. The van der Waals surface area contributed by atoms with Crippen LogP contribution in [0.25, 0.3) is 0 Å². The molecular formula is C33H36N6O4. The van der Waals surface area contributed by atoms with Gasteiger partial charge in [0.1, 0.15) is 25.1 Å². The van der Waals surface area contributed by atoms with Crippen LogP contribution >= 0.6 is 0 Å². The maximum Gasteiger partial charge on any atom is 0.324 e. The van der Waals surface area contributed by atoms with Crippen LogP contribution in [0, 0.1) is 30.6 Å². The third kappa shape index (κ3) is 7.25. The van der Waals surface area contributed by atoms with Crippen LogP contribution in [0.2, 0.25) is 0 Å². The fourth-order valence-electron chi connectivity index (χ4n) is 5.30. The fourth-order valence-corrected chi connectivity index (χ4v) is 5.30. The highest BCUT2D eigenvalue weighted by Crippen LogP contribution is 2.42. The molecule has 0 saturated heterocycles. The van der Waals surface area contributed by atoms with E-state index in [0.29, 0.717) is 50.2 Å². The average Bonchev–Trinajstić information content (AvgIpc) is 3.39. The summed E-state index contributed by atoms with van der Waals surface area (Å²) in [5.74, 6) is 0.844. The van der Waals surface area contributed by atoms with Gasteiger partial charge in [-0.05, 0) is 50.7 Å². The monoisotopic (exact) mass is 580 g/mol. The molecule has 0 unspecified atom stereocenters. The number of carboxylic acids is 1. The molecule has 1 fully saturated rings. The summed E-state index contributed by atoms with van der Waals surface area (Å²) in [4.78, 5) is 23.4. The molecule has 0 spiro atoms. The van der Waals surface area contributed by atoms with Gasteiger partial charge in [0.2, 0.25) is 0 Å². The number of anilines is 2. The highest BCUT2D eigenvalue weighted by molar-refractivity contribution is 5.78. The van der Waals surface area contributed by atoms with Crippen LogP contribution in [0.1, 0.15) is 59.9 Å². The van der Waals surface area contributed by atoms with Gasteiger partial charge >= 0.3 is 5.97 Å². The van der Waals surface area contributed by atoms with Gasteiger partial charge < -0.3 is 14.6 Å². The molecule has 0 atom stereocenters. The lowest BCUT2D eigenvalue weighted by Gasteiger charge is -2.31. The zero-order chi connectivity index (χ0) is 30.2. The van der Waals surface area contributed by atoms with Crippen molar-refractivity contribution >= 4 is 17.6 Å². The second-order valence-corrected chi connectivity index (χ2v) is 11.0. The van der Waals surface area contributed by atoms with E-state index >= 15 is 0 Å². The molecule has 2 aromatic heterocycles. The second kappa shape index (κ2) is 13.6. The Labute approximate surface area is 251 Å². The van der Waals surface area contributed by atoms with Crippen LogP contribution < -0.4 is 4.90 Å². The van der Waals surface area contributed by atoms with Crippen LogP contribution in [0.15, 0.2) is 72.8 Å². The zero-order valence-corrected chi connectivity index (χ0v) is 24.5. The minimum atomic E-state index is -1.34. The lowest BCUT2D eigenvalue weighted by atomic mass is 9.71. The Kier molecular flexibility index (Phi) is 9.45. The second-order valence-electron chi connectivity index (χ2n) is 11.0. The number of aliphatic carboxylic acids is 1. The number of benzene rings is 2. The van der Waals surface area contributed by atoms with Crippen molar-refractivity contribution in [1.82, 2.24) is 19.7 Å². The number of carboxylic acid groups (broad SMARTS) is 1. The van der Waals surface area contributed by atoms with Gasteiger partial charge in [-0.2, -0.15) is 10.4 Å². The molecule has 0 bridgehead atoms. The molecule has 5 rings (SSSR count). The van der Waals surface area contributed by atoms with Crippen molar-refractivity contribution in [3.8, 4) is 6.07 Å². The van der Waals surface area contributed by atoms with Gasteiger partial charge in [0.25, 0.3) is 0 Å². The molecule has 222 valence electrons. The predicted molar refractivity (Wildman–Crippen MR) is 160 cm³/mol. The molecule has 2 heterocycles. The van der Waals surface area contributed by atoms with Crippen LogP contribution in [-0.4, -0.2) is 37.6 Å². The Morgan fingerprint density at radius 2 is 1.60 bits per heavy atom. The van der Waals surface area contributed by atoms with E-state index in [1.165, 1.54) is 0 Å². The molecule has 1 saturated carbocycles. The van der Waals surface area contributed by atoms with Gasteiger partial charge in [-0.1, -0.05) is 60.7 Å². The van der Waals surface area contributed by atoms with Crippen molar-refractivity contribution in [1.29, 1.82) is 5.26 Å². The van der Waals surface area contributed by atoms with Gasteiger partial charge in [-0.3, -0.25) is 9.69 Å². The van der Waals surface area contributed by atoms with E-state index in [4.69, 9.17) is 24.5 Å². The normalized spacial score (nSPS) is 18.2. The summed E-state index contributed by atoms with van der Waals surface area (Å²) in [7, 11) is 0. The number of aryl methyl sites for hydroxylation is 2. The molecule has 10 nitrogen and oxygen atoms in total. The molecule has 10 heteroatoms. The lowest BCUT2D eigenvalue weighted by molar-refractivity contribution is -0.147. The number of nitriles is 1. The molecule has 43 heavy (non-hydrogen) atoms. The largest absolute Gasteiger partial charge is 0.480 e. The first-order valence-corrected chi connectivity index (χ1v) is 14.4. The fraction of sp³-hybridized carbons (Fsp3) is 0.364. The van der Waals surface area contributed by atoms with Crippen molar-refractivity contribution in [2.75, 3.05) is 11.6 Å². The number of hydrogen-bond acceptors (Lipinski definition) is 8. The Hall–Kier alpha value is -4.59.